The van der Waals surface area contributed by atoms with E-state index in [4.69, 9.17) is 0 Å². The molecule has 100 valence electrons. The molecule has 2 aromatic carbocycles. The Bertz CT molecular complexity index is 558. The average Bonchev–Trinajstić information content (AvgIpc) is 2.27. The highest BCUT2D eigenvalue weighted by Gasteiger charge is 2.40. The molecule has 0 aliphatic carbocycles. The van der Waals surface area contributed by atoms with Crippen LogP contribution in [0, 0.1) is 18.6 Å². The highest BCUT2D eigenvalue weighted by atomic mass is 19.3. The van der Waals surface area contributed by atoms with Crippen molar-refractivity contribution in [2.75, 3.05) is 0 Å². The summed E-state index contributed by atoms with van der Waals surface area (Å²) in [6, 6.07) is 8.79. The lowest BCUT2D eigenvalue weighted by atomic mass is 10.1. The van der Waals surface area contributed by atoms with Crippen molar-refractivity contribution in [3.8, 4) is 5.75 Å². The monoisotopic (exact) mass is 270 g/mol. The van der Waals surface area contributed by atoms with E-state index in [9.17, 15) is 17.6 Å². The van der Waals surface area contributed by atoms with Gasteiger partial charge in [-0.15, -0.1) is 0 Å². The fraction of sp³-hybridized carbons (Fsp3) is 0.143. The van der Waals surface area contributed by atoms with Gasteiger partial charge in [0.05, 0.1) is 0 Å². The first-order valence-electron chi connectivity index (χ1n) is 5.48. The quantitative estimate of drug-likeness (QED) is 0.751. The molecule has 19 heavy (non-hydrogen) atoms. The van der Waals surface area contributed by atoms with Crippen LogP contribution >= 0.6 is 0 Å². The van der Waals surface area contributed by atoms with Gasteiger partial charge in [0.25, 0.3) is 0 Å². The zero-order valence-corrected chi connectivity index (χ0v) is 9.96. The molecular formula is C14H10F4O. The average molecular weight is 270 g/mol. The molecule has 0 amide bonds. The second kappa shape index (κ2) is 4.91. The van der Waals surface area contributed by atoms with Crippen LogP contribution in [0.15, 0.2) is 42.5 Å². The number of hydrogen-bond acceptors (Lipinski definition) is 1. The van der Waals surface area contributed by atoms with E-state index in [1.165, 1.54) is 31.2 Å². The Kier molecular flexibility index (Phi) is 3.46. The number of ether oxygens (including phenoxy) is 1. The van der Waals surface area contributed by atoms with Crippen molar-refractivity contribution in [3.05, 3.63) is 65.2 Å². The normalized spacial score (nSPS) is 11.4. The molecule has 1 nitrogen and oxygen atoms in total. The number of aryl methyl sites for hydroxylation is 1. The molecular weight excluding hydrogens is 260 g/mol. The summed E-state index contributed by atoms with van der Waals surface area (Å²) in [5.41, 5.74) is -1.17. The number of para-hydroxylation sites is 1. The van der Waals surface area contributed by atoms with E-state index in [0.29, 0.717) is 0 Å². The van der Waals surface area contributed by atoms with Crippen LogP contribution in [-0.2, 0) is 6.11 Å². The van der Waals surface area contributed by atoms with E-state index in [0.717, 1.165) is 12.1 Å². The molecule has 0 radical (unpaired) electrons. The second-order valence-electron chi connectivity index (χ2n) is 4.04. The van der Waals surface area contributed by atoms with Gasteiger partial charge >= 0.3 is 6.11 Å². The Hall–Kier alpha value is -2.04. The Morgan fingerprint density at radius 1 is 0.947 bits per heavy atom. The van der Waals surface area contributed by atoms with Crippen LogP contribution in [0.3, 0.4) is 0 Å². The number of hydrogen-bond donors (Lipinski definition) is 0. The van der Waals surface area contributed by atoms with Crippen molar-refractivity contribution in [3.63, 3.8) is 0 Å². The Balaban J connectivity index is 2.40. The van der Waals surface area contributed by atoms with Crippen molar-refractivity contribution < 1.29 is 22.3 Å². The highest BCUT2D eigenvalue weighted by molar-refractivity contribution is 5.29. The van der Waals surface area contributed by atoms with E-state index in [2.05, 4.69) is 4.74 Å². The lowest BCUT2D eigenvalue weighted by molar-refractivity contribution is -0.189. The minimum Gasteiger partial charge on any atom is -0.429 e. The lowest BCUT2D eigenvalue weighted by Crippen LogP contribution is -2.25. The van der Waals surface area contributed by atoms with Crippen LogP contribution in [0.1, 0.15) is 11.1 Å². The van der Waals surface area contributed by atoms with Crippen LogP contribution in [0.2, 0.25) is 0 Å². The van der Waals surface area contributed by atoms with Crippen LogP contribution in [0.5, 0.6) is 5.75 Å². The maximum atomic E-state index is 13.8. The summed E-state index contributed by atoms with van der Waals surface area (Å²) in [4.78, 5) is 0. The summed E-state index contributed by atoms with van der Waals surface area (Å²) in [6.07, 6.45) is -4.08. The molecule has 5 heteroatoms. The molecule has 0 aliphatic rings. The first-order valence-corrected chi connectivity index (χ1v) is 5.48. The smallest absolute Gasteiger partial charge is 0.429 e. The Labute approximate surface area is 107 Å². The number of benzene rings is 2. The van der Waals surface area contributed by atoms with E-state index >= 15 is 0 Å². The summed E-state index contributed by atoms with van der Waals surface area (Å²) < 4.78 is 59.0. The third-order valence-corrected chi connectivity index (χ3v) is 2.47. The first-order chi connectivity index (χ1) is 8.90. The van der Waals surface area contributed by atoms with Crippen molar-refractivity contribution >= 4 is 0 Å². The predicted octanol–water partition coefficient (Wildman–Crippen LogP) is 4.40. The zero-order valence-electron chi connectivity index (χ0n) is 9.96. The SMILES string of the molecule is Cc1cc(F)c(C(F)(F)Oc2ccccc2)c(F)c1. The van der Waals surface area contributed by atoms with Crippen molar-refractivity contribution in [2.24, 2.45) is 0 Å². The topological polar surface area (TPSA) is 9.23 Å². The Morgan fingerprint density at radius 3 is 2.00 bits per heavy atom. The molecule has 0 saturated heterocycles. The summed E-state index contributed by atoms with van der Waals surface area (Å²) in [5.74, 6) is -2.84. The molecule has 0 bridgehead atoms. The van der Waals surface area contributed by atoms with Crippen molar-refractivity contribution in [2.45, 2.75) is 13.0 Å². The Morgan fingerprint density at radius 2 is 1.47 bits per heavy atom. The predicted molar refractivity (Wildman–Crippen MR) is 62.1 cm³/mol. The molecule has 0 fully saturated rings. The standard InChI is InChI=1S/C14H10F4O/c1-9-7-11(15)13(12(16)8-9)14(17,18)19-10-5-3-2-4-6-10/h2-8H,1H3. The minimum atomic E-state index is -4.08. The number of halogens is 4. The third-order valence-electron chi connectivity index (χ3n) is 2.47. The summed E-state index contributed by atoms with van der Waals surface area (Å²) in [6.45, 7) is 1.41. The maximum Gasteiger partial charge on any atom is 0.432 e. The van der Waals surface area contributed by atoms with Crippen molar-refractivity contribution in [1.29, 1.82) is 0 Å². The van der Waals surface area contributed by atoms with Gasteiger partial charge in [0.1, 0.15) is 22.9 Å². The van der Waals surface area contributed by atoms with Gasteiger partial charge in [0.15, 0.2) is 0 Å². The molecule has 0 atom stereocenters. The van der Waals surface area contributed by atoms with Gasteiger partial charge in [-0.2, -0.15) is 8.78 Å². The fourth-order valence-electron chi connectivity index (χ4n) is 1.67. The fourth-order valence-corrected chi connectivity index (χ4v) is 1.67. The molecule has 0 spiro atoms. The van der Waals surface area contributed by atoms with Gasteiger partial charge in [-0.3, -0.25) is 0 Å². The minimum absolute atomic E-state index is 0.174. The molecule has 0 N–H and O–H groups in total. The first kappa shape index (κ1) is 13.4. The van der Waals surface area contributed by atoms with E-state index in [-0.39, 0.29) is 11.3 Å². The van der Waals surface area contributed by atoms with Gasteiger partial charge in [0, 0.05) is 0 Å². The summed E-state index contributed by atoms with van der Waals surface area (Å²) >= 11 is 0. The van der Waals surface area contributed by atoms with Crippen LogP contribution in [-0.4, -0.2) is 0 Å². The van der Waals surface area contributed by atoms with E-state index in [1.54, 1.807) is 6.07 Å². The van der Waals surface area contributed by atoms with E-state index < -0.39 is 23.3 Å². The second-order valence-corrected chi connectivity index (χ2v) is 4.04. The van der Waals surface area contributed by atoms with Gasteiger partial charge in [-0.1, -0.05) is 18.2 Å². The van der Waals surface area contributed by atoms with Crippen LogP contribution < -0.4 is 4.74 Å². The molecule has 0 unspecified atom stereocenters. The third kappa shape index (κ3) is 2.86. The van der Waals surface area contributed by atoms with Gasteiger partial charge in [0.2, 0.25) is 0 Å². The van der Waals surface area contributed by atoms with Crippen molar-refractivity contribution in [1.82, 2.24) is 0 Å². The summed E-state index contributed by atoms with van der Waals surface area (Å²) in [7, 11) is 0. The molecule has 0 aromatic heterocycles. The lowest BCUT2D eigenvalue weighted by Gasteiger charge is -2.19. The summed E-state index contributed by atoms with van der Waals surface area (Å²) in [5, 5.41) is 0. The largest absolute Gasteiger partial charge is 0.432 e. The molecule has 2 aromatic rings. The van der Waals surface area contributed by atoms with Gasteiger partial charge < -0.3 is 4.74 Å². The van der Waals surface area contributed by atoms with E-state index in [1.807, 2.05) is 0 Å². The van der Waals surface area contributed by atoms with Crippen LogP contribution in [0.25, 0.3) is 0 Å². The number of rotatable bonds is 3. The van der Waals surface area contributed by atoms with Crippen LogP contribution in [0.4, 0.5) is 17.6 Å². The van der Waals surface area contributed by atoms with Gasteiger partial charge in [-0.05, 0) is 36.8 Å². The molecule has 0 saturated carbocycles. The maximum absolute atomic E-state index is 13.8. The zero-order chi connectivity index (χ0) is 14.0. The molecule has 0 heterocycles. The van der Waals surface area contributed by atoms with Gasteiger partial charge in [-0.25, -0.2) is 8.78 Å². The molecule has 0 aliphatic heterocycles. The highest BCUT2D eigenvalue weighted by Crippen LogP contribution is 2.35. The number of alkyl halides is 2. The molecule has 2 rings (SSSR count).